The van der Waals surface area contributed by atoms with Gasteiger partial charge >= 0.3 is 0 Å². The summed E-state index contributed by atoms with van der Waals surface area (Å²) in [4.78, 5) is 11.5. The Balaban J connectivity index is 2.07. The number of nitrogens with zero attached hydrogens (tertiary/aromatic N) is 4. The molecule has 0 aliphatic carbocycles. The van der Waals surface area contributed by atoms with Crippen molar-refractivity contribution in [2.45, 2.75) is 6.04 Å². The Labute approximate surface area is 75.0 Å². The maximum atomic E-state index is 8.52. The Kier molecular flexibility index (Phi) is 2.02. The molecule has 6 nitrogen and oxygen atoms in total. The van der Waals surface area contributed by atoms with Gasteiger partial charge < -0.3 is 10.6 Å². The van der Waals surface area contributed by atoms with Gasteiger partial charge in [-0.3, -0.25) is 0 Å². The summed E-state index contributed by atoms with van der Waals surface area (Å²) in [5, 5.41) is 14.7. The van der Waals surface area contributed by atoms with Crippen molar-refractivity contribution >= 4 is 5.95 Å². The average molecular weight is 176 g/mol. The van der Waals surface area contributed by atoms with E-state index >= 15 is 0 Å². The first-order chi connectivity index (χ1) is 6.38. The smallest absolute Gasteiger partial charge is 0.236 e. The SMILES string of the molecule is N#Cc1ncnc(NC2CNC2)n1. The van der Waals surface area contributed by atoms with Crippen LogP contribution in [0.15, 0.2) is 6.33 Å². The van der Waals surface area contributed by atoms with E-state index in [1.165, 1.54) is 6.33 Å². The molecule has 1 aromatic rings. The molecule has 0 saturated carbocycles. The third-order valence-electron chi connectivity index (χ3n) is 1.79. The fourth-order valence-corrected chi connectivity index (χ4v) is 0.993. The van der Waals surface area contributed by atoms with E-state index in [0.29, 0.717) is 12.0 Å². The number of hydrogen-bond acceptors (Lipinski definition) is 6. The first-order valence-electron chi connectivity index (χ1n) is 3.95. The lowest BCUT2D eigenvalue weighted by Crippen LogP contribution is -2.51. The van der Waals surface area contributed by atoms with E-state index < -0.39 is 0 Å². The molecule has 0 radical (unpaired) electrons. The van der Waals surface area contributed by atoms with E-state index in [1.54, 1.807) is 0 Å². The monoisotopic (exact) mass is 176 g/mol. The van der Waals surface area contributed by atoms with Crippen molar-refractivity contribution in [3.05, 3.63) is 12.2 Å². The van der Waals surface area contributed by atoms with Gasteiger partial charge in [-0.25, -0.2) is 9.97 Å². The summed E-state index contributed by atoms with van der Waals surface area (Å²) in [6.07, 6.45) is 1.33. The molecule has 6 heteroatoms. The Morgan fingerprint density at radius 3 is 3.00 bits per heavy atom. The summed E-state index contributed by atoms with van der Waals surface area (Å²) in [7, 11) is 0. The first kappa shape index (κ1) is 7.89. The zero-order valence-electron chi connectivity index (χ0n) is 6.86. The standard InChI is InChI=1S/C7H8N6/c8-1-6-10-4-11-7(13-6)12-5-2-9-3-5/h4-5,9H,2-3H2,(H,10,11,12,13). The second-order valence-corrected chi connectivity index (χ2v) is 2.74. The Bertz CT molecular complexity index is 339. The Morgan fingerprint density at radius 2 is 2.38 bits per heavy atom. The van der Waals surface area contributed by atoms with Crippen molar-refractivity contribution in [3.63, 3.8) is 0 Å². The molecule has 0 aromatic carbocycles. The van der Waals surface area contributed by atoms with Gasteiger partial charge in [-0.15, -0.1) is 0 Å². The minimum atomic E-state index is 0.143. The predicted octanol–water partition coefficient (Wildman–Crippen LogP) is -0.873. The van der Waals surface area contributed by atoms with Gasteiger partial charge in [0.15, 0.2) is 0 Å². The van der Waals surface area contributed by atoms with Crippen LogP contribution in [0.2, 0.25) is 0 Å². The van der Waals surface area contributed by atoms with Gasteiger partial charge in [0.1, 0.15) is 12.4 Å². The fourth-order valence-electron chi connectivity index (χ4n) is 0.993. The lowest BCUT2D eigenvalue weighted by molar-refractivity contribution is 0.469. The molecule has 0 spiro atoms. The van der Waals surface area contributed by atoms with Gasteiger partial charge in [0, 0.05) is 13.1 Å². The molecule has 13 heavy (non-hydrogen) atoms. The molecule has 2 rings (SSSR count). The van der Waals surface area contributed by atoms with Crippen molar-refractivity contribution in [3.8, 4) is 6.07 Å². The molecule has 0 unspecified atom stereocenters. The summed E-state index contributed by atoms with van der Waals surface area (Å²) < 4.78 is 0. The molecule has 1 fully saturated rings. The van der Waals surface area contributed by atoms with E-state index in [9.17, 15) is 0 Å². The number of hydrogen-bond donors (Lipinski definition) is 2. The number of anilines is 1. The van der Waals surface area contributed by atoms with E-state index in [2.05, 4.69) is 25.6 Å². The molecular formula is C7H8N6. The normalized spacial score (nSPS) is 15.9. The summed E-state index contributed by atoms with van der Waals surface area (Å²) >= 11 is 0. The van der Waals surface area contributed by atoms with Crippen LogP contribution in [-0.2, 0) is 0 Å². The molecule has 1 aliphatic rings. The summed E-state index contributed by atoms with van der Waals surface area (Å²) in [6.45, 7) is 1.82. The number of nitriles is 1. The lowest BCUT2D eigenvalue weighted by atomic mass is 10.2. The highest BCUT2D eigenvalue weighted by Gasteiger charge is 2.17. The van der Waals surface area contributed by atoms with Crippen molar-refractivity contribution in [2.24, 2.45) is 0 Å². The van der Waals surface area contributed by atoms with Crippen molar-refractivity contribution < 1.29 is 0 Å². The maximum absolute atomic E-state index is 8.52. The van der Waals surface area contributed by atoms with Gasteiger partial charge in [-0.1, -0.05) is 0 Å². The minimum Gasteiger partial charge on any atom is -0.349 e. The predicted molar refractivity (Wildman–Crippen MR) is 44.8 cm³/mol. The number of aromatic nitrogens is 3. The molecule has 0 amide bonds. The van der Waals surface area contributed by atoms with Gasteiger partial charge in [-0.05, 0) is 0 Å². The summed E-state index contributed by atoms with van der Waals surface area (Å²) in [5.74, 6) is 0.614. The topological polar surface area (TPSA) is 86.5 Å². The molecular weight excluding hydrogens is 168 g/mol. The van der Waals surface area contributed by atoms with Crippen LogP contribution in [-0.4, -0.2) is 34.1 Å². The Hall–Kier alpha value is -1.74. The summed E-state index contributed by atoms with van der Waals surface area (Å²) in [5.41, 5.74) is 0. The fraction of sp³-hybridized carbons (Fsp3) is 0.429. The molecule has 2 N–H and O–H groups in total. The van der Waals surface area contributed by atoms with Crippen molar-refractivity contribution in [1.29, 1.82) is 5.26 Å². The van der Waals surface area contributed by atoms with Crippen LogP contribution in [0.4, 0.5) is 5.95 Å². The molecule has 1 aromatic heterocycles. The Morgan fingerprint density at radius 1 is 1.54 bits per heavy atom. The van der Waals surface area contributed by atoms with Crippen LogP contribution in [0, 0.1) is 11.3 Å². The third-order valence-corrected chi connectivity index (χ3v) is 1.79. The number of nitrogens with one attached hydrogen (secondary N) is 2. The summed E-state index contributed by atoms with van der Waals surface area (Å²) in [6, 6.07) is 2.23. The van der Waals surface area contributed by atoms with Gasteiger partial charge in [0.05, 0.1) is 6.04 Å². The first-order valence-corrected chi connectivity index (χ1v) is 3.95. The minimum absolute atomic E-state index is 0.143. The highest BCUT2D eigenvalue weighted by molar-refractivity contribution is 5.28. The lowest BCUT2D eigenvalue weighted by Gasteiger charge is -2.27. The third kappa shape index (κ3) is 1.71. The highest BCUT2D eigenvalue weighted by atomic mass is 15.2. The van der Waals surface area contributed by atoms with Crippen LogP contribution in [0.25, 0.3) is 0 Å². The van der Waals surface area contributed by atoms with Gasteiger partial charge in [0.2, 0.25) is 11.8 Å². The van der Waals surface area contributed by atoms with Crippen LogP contribution in [0.1, 0.15) is 5.82 Å². The van der Waals surface area contributed by atoms with Gasteiger partial charge in [0.25, 0.3) is 0 Å². The molecule has 1 aliphatic heterocycles. The zero-order chi connectivity index (χ0) is 9.10. The van der Waals surface area contributed by atoms with Crippen molar-refractivity contribution in [1.82, 2.24) is 20.3 Å². The van der Waals surface area contributed by atoms with Crippen LogP contribution in [0.3, 0.4) is 0 Å². The van der Waals surface area contributed by atoms with E-state index in [-0.39, 0.29) is 5.82 Å². The zero-order valence-corrected chi connectivity index (χ0v) is 6.86. The quantitative estimate of drug-likeness (QED) is 0.609. The van der Waals surface area contributed by atoms with Crippen molar-refractivity contribution in [2.75, 3.05) is 18.4 Å². The second kappa shape index (κ2) is 3.33. The van der Waals surface area contributed by atoms with Gasteiger partial charge in [-0.2, -0.15) is 10.2 Å². The highest BCUT2D eigenvalue weighted by Crippen LogP contribution is 2.02. The van der Waals surface area contributed by atoms with E-state index in [1.807, 2.05) is 6.07 Å². The molecule has 2 heterocycles. The number of rotatable bonds is 2. The van der Waals surface area contributed by atoms with E-state index in [4.69, 9.17) is 5.26 Å². The second-order valence-electron chi connectivity index (χ2n) is 2.74. The molecule has 0 bridgehead atoms. The largest absolute Gasteiger partial charge is 0.349 e. The van der Waals surface area contributed by atoms with Crippen LogP contribution >= 0.6 is 0 Å². The maximum Gasteiger partial charge on any atom is 0.236 e. The molecule has 1 saturated heterocycles. The van der Waals surface area contributed by atoms with Crippen LogP contribution in [0.5, 0.6) is 0 Å². The average Bonchev–Trinajstić information content (AvgIpc) is 2.12. The van der Waals surface area contributed by atoms with Crippen LogP contribution < -0.4 is 10.6 Å². The molecule has 0 atom stereocenters. The van der Waals surface area contributed by atoms with E-state index in [0.717, 1.165) is 13.1 Å². The molecule has 66 valence electrons.